The molecule has 6 rings (SSSR count). The molecular formula is C36H38N4O8. The first-order chi connectivity index (χ1) is 23.1. The van der Waals surface area contributed by atoms with Gasteiger partial charge in [0.2, 0.25) is 23.0 Å². The summed E-state index contributed by atoms with van der Waals surface area (Å²) in [6, 6.07) is 18.8. The van der Waals surface area contributed by atoms with Crippen molar-refractivity contribution in [2.45, 2.75) is 51.3 Å². The number of nitrogens with zero attached hydrogens (tertiary/aromatic N) is 2. The fourth-order valence-electron chi connectivity index (χ4n) is 6.90. The molecule has 12 nitrogen and oxygen atoms in total. The van der Waals surface area contributed by atoms with Gasteiger partial charge in [-0.25, -0.2) is 0 Å². The lowest BCUT2D eigenvalue weighted by molar-refractivity contribution is -0.118. The molecule has 2 aliphatic heterocycles. The molecule has 2 amide bonds. The third-order valence-electron chi connectivity index (χ3n) is 8.93. The minimum atomic E-state index is -0.865. The molecule has 1 fully saturated rings. The zero-order valence-electron chi connectivity index (χ0n) is 26.8. The van der Waals surface area contributed by atoms with Crippen LogP contribution in [0.5, 0.6) is 17.2 Å². The van der Waals surface area contributed by atoms with Crippen molar-refractivity contribution in [3.05, 3.63) is 116 Å². The Bertz CT molecular complexity index is 1950. The van der Waals surface area contributed by atoms with E-state index in [2.05, 4.69) is 10.2 Å². The summed E-state index contributed by atoms with van der Waals surface area (Å²) in [5.74, 6) is -0.421. The number of nitrogens with one attached hydrogen (secondary N) is 1. The lowest BCUT2D eigenvalue weighted by atomic mass is 9.83. The molecule has 3 atom stereocenters. The van der Waals surface area contributed by atoms with E-state index in [0.29, 0.717) is 53.7 Å². The number of pyridine rings is 1. The van der Waals surface area contributed by atoms with Gasteiger partial charge in [-0.3, -0.25) is 24.1 Å². The molecule has 0 aliphatic carbocycles. The van der Waals surface area contributed by atoms with Gasteiger partial charge in [0.25, 0.3) is 5.56 Å². The van der Waals surface area contributed by atoms with Gasteiger partial charge >= 0.3 is 0 Å². The van der Waals surface area contributed by atoms with Crippen molar-refractivity contribution in [3.8, 4) is 17.2 Å². The molecule has 4 heterocycles. The summed E-state index contributed by atoms with van der Waals surface area (Å²) in [6.45, 7) is 3.89. The zero-order valence-corrected chi connectivity index (χ0v) is 26.8. The first-order valence-corrected chi connectivity index (χ1v) is 15.8. The SMILES string of the molecule is COc1ccc(C(CC(N)=O)c2oc(CN3C[C@H]4C[C@@H](C3)c3cccc(=O)n3C4)cc(=O)c2O)cc1COc1ccc(NC(C)=O)cc1. The molecule has 2 aromatic carbocycles. The van der Waals surface area contributed by atoms with Crippen molar-refractivity contribution in [1.29, 1.82) is 0 Å². The highest BCUT2D eigenvalue weighted by Crippen LogP contribution is 2.38. The molecule has 250 valence electrons. The van der Waals surface area contributed by atoms with Crippen molar-refractivity contribution >= 4 is 17.5 Å². The molecule has 12 heteroatoms. The van der Waals surface area contributed by atoms with Crippen LogP contribution in [-0.2, 0) is 29.3 Å². The van der Waals surface area contributed by atoms with Gasteiger partial charge in [-0.05, 0) is 60.4 Å². The summed E-state index contributed by atoms with van der Waals surface area (Å²) in [6.07, 6.45) is 0.758. The van der Waals surface area contributed by atoms with Crippen LogP contribution in [0.25, 0.3) is 0 Å². The average Bonchev–Trinajstić information content (AvgIpc) is 3.05. The van der Waals surface area contributed by atoms with Gasteiger partial charge in [-0.2, -0.15) is 0 Å². The maximum atomic E-state index is 13.1. The van der Waals surface area contributed by atoms with Crippen LogP contribution in [0.1, 0.15) is 59.9 Å². The largest absolute Gasteiger partial charge is 0.502 e. The lowest BCUT2D eigenvalue weighted by Gasteiger charge is -2.42. The molecule has 1 saturated heterocycles. The number of hydrogen-bond donors (Lipinski definition) is 3. The fraction of sp³-hybridized carbons (Fsp3) is 0.333. The number of carbonyl (C=O) groups is 2. The maximum absolute atomic E-state index is 13.1. The summed E-state index contributed by atoms with van der Waals surface area (Å²) >= 11 is 0. The van der Waals surface area contributed by atoms with Crippen LogP contribution in [0.2, 0.25) is 0 Å². The number of piperidine rings is 1. The van der Waals surface area contributed by atoms with E-state index in [9.17, 15) is 24.3 Å². The van der Waals surface area contributed by atoms with Gasteiger partial charge in [0.05, 0.1) is 19.6 Å². The number of hydrogen-bond acceptors (Lipinski definition) is 9. The first-order valence-electron chi connectivity index (χ1n) is 15.8. The molecule has 2 bridgehead atoms. The van der Waals surface area contributed by atoms with Crippen molar-refractivity contribution in [1.82, 2.24) is 9.47 Å². The normalized spacial score (nSPS) is 17.6. The van der Waals surface area contributed by atoms with E-state index in [1.807, 2.05) is 10.6 Å². The van der Waals surface area contributed by atoms with Gasteiger partial charge in [0, 0.05) is 68.0 Å². The molecule has 48 heavy (non-hydrogen) atoms. The van der Waals surface area contributed by atoms with E-state index in [-0.39, 0.29) is 42.1 Å². The third kappa shape index (κ3) is 7.13. The summed E-state index contributed by atoms with van der Waals surface area (Å²) in [5.41, 5.74) is 7.93. The standard InChI is InChI=1S/C36H38N4O8/c1-21(41)38-26-7-9-27(10-8-26)47-20-25-13-23(6-11-32(25)46-2)29(15-33(37)43)36-35(45)31(42)14-28(48-36)19-39-16-22-12-24(18-39)30-4-3-5-34(44)40(30)17-22/h3-11,13-14,22,24,29,45H,12,15-20H2,1-2H3,(H2,37,43)(H,38,41)/t22-,24+,29?/m1/s1. The molecule has 0 radical (unpaired) electrons. The maximum Gasteiger partial charge on any atom is 0.250 e. The van der Waals surface area contributed by atoms with E-state index >= 15 is 0 Å². The monoisotopic (exact) mass is 654 g/mol. The summed E-state index contributed by atoms with van der Waals surface area (Å²) in [7, 11) is 1.53. The van der Waals surface area contributed by atoms with E-state index in [1.54, 1.807) is 54.6 Å². The highest BCUT2D eigenvalue weighted by Gasteiger charge is 2.35. The molecule has 0 spiro atoms. The van der Waals surface area contributed by atoms with Crippen LogP contribution in [0, 0.1) is 5.92 Å². The number of primary amides is 1. The predicted octanol–water partition coefficient (Wildman–Crippen LogP) is 3.68. The zero-order chi connectivity index (χ0) is 33.9. The Morgan fingerprint density at radius 2 is 1.85 bits per heavy atom. The molecule has 2 aromatic heterocycles. The Hall–Kier alpha value is -5.36. The highest BCUT2D eigenvalue weighted by molar-refractivity contribution is 5.88. The van der Waals surface area contributed by atoms with Crippen LogP contribution in [0.3, 0.4) is 0 Å². The summed E-state index contributed by atoms with van der Waals surface area (Å²) in [4.78, 5) is 51.4. The van der Waals surface area contributed by atoms with E-state index < -0.39 is 23.0 Å². The Labute approximate surface area is 276 Å². The number of rotatable bonds is 11. The molecule has 2 aliphatic rings. The minimum Gasteiger partial charge on any atom is -0.502 e. The van der Waals surface area contributed by atoms with E-state index in [1.165, 1.54) is 20.1 Å². The van der Waals surface area contributed by atoms with E-state index in [0.717, 1.165) is 18.7 Å². The number of ether oxygens (including phenoxy) is 2. The quantitative estimate of drug-likeness (QED) is 0.219. The number of benzene rings is 2. The van der Waals surface area contributed by atoms with Crippen LogP contribution < -0.4 is 31.5 Å². The second-order valence-electron chi connectivity index (χ2n) is 12.5. The van der Waals surface area contributed by atoms with Crippen molar-refractivity contribution in [2.24, 2.45) is 11.7 Å². The number of aromatic nitrogens is 1. The van der Waals surface area contributed by atoms with Crippen LogP contribution in [0.4, 0.5) is 5.69 Å². The molecule has 4 N–H and O–H groups in total. The molecule has 1 unspecified atom stereocenters. The van der Waals surface area contributed by atoms with Gasteiger partial charge in [-0.15, -0.1) is 0 Å². The molecule has 4 aromatic rings. The van der Waals surface area contributed by atoms with Crippen LogP contribution in [0.15, 0.2) is 80.7 Å². The number of likely N-dealkylation sites (tertiary alicyclic amines) is 1. The first kappa shape index (κ1) is 32.6. The predicted molar refractivity (Wildman–Crippen MR) is 177 cm³/mol. The highest BCUT2D eigenvalue weighted by atomic mass is 16.5. The second kappa shape index (κ2) is 13.8. The number of nitrogens with two attached hydrogens (primary N) is 1. The van der Waals surface area contributed by atoms with Gasteiger partial charge < -0.3 is 34.6 Å². The molecular weight excluding hydrogens is 616 g/mol. The van der Waals surface area contributed by atoms with Crippen LogP contribution in [-0.4, -0.2) is 46.6 Å². The van der Waals surface area contributed by atoms with Crippen molar-refractivity contribution in [2.75, 3.05) is 25.5 Å². The topological polar surface area (TPSA) is 166 Å². The number of carbonyl (C=O) groups excluding carboxylic acids is 2. The second-order valence-corrected chi connectivity index (χ2v) is 12.5. The Morgan fingerprint density at radius 1 is 1.06 bits per heavy atom. The smallest absolute Gasteiger partial charge is 0.250 e. The van der Waals surface area contributed by atoms with Crippen molar-refractivity contribution < 1.29 is 28.6 Å². The number of aromatic hydroxyl groups is 1. The molecule has 0 saturated carbocycles. The van der Waals surface area contributed by atoms with Crippen molar-refractivity contribution in [3.63, 3.8) is 0 Å². The Balaban J connectivity index is 1.26. The number of fused-ring (bicyclic) bond motifs is 4. The fourth-order valence-corrected chi connectivity index (χ4v) is 6.90. The summed E-state index contributed by atoms with van der Waals surface area (Å²) < 4.78 is 19.6. The number of methoxy groups -OCH3 is 1. The number of amides is 2. The summed E-state index contributed by atoms with van der Waals surface area (Å²) in [5, 5.41) is 13.7. The van der Waals surface area contributed by atoms with Gasteiger partial charge in [0.15, 0.2) is 5.76 Å². The Kier molecular flexibility index (Phi) is 9.35. The number of anilines is 1. The third-order valence-corrected chi connectivity index (χ3v) is 8.93. The van der Waals surface area contributed by atoms with Gasteiger partial charge in [0.1, 0.15) is 23.9 Å². The minimum absolute atomic E-state index is 0.0101. The average molecular weight is 655 g/mol. The lowest BCUT2D eigenvalue weighted by Crippen LogP contribution is -2.46. The van der Waals surface area contributed by atoms with E-state index in [4.69, 9.17) is 19.6 Å². The van der Waals surface area contributed by atoms with Gasteiger partial charge in [-0.1, -0.05) is 12.1 Å². The van der Waals surface area contributed by atoms with Crippen LogP contribution >= 0.6 is 0 Å². The Morgan fingerprint density at radius 3 is 2.58 bits per heavy atom.